The molecular weight excluding hydrogens is 374 g/mol. The highest BCUT2D eigenvalue weighted by molar-refractivity contribution is 7.90. The van der Waals surface area contributed by atoms with E-state index >= 15 is 0 Å². The molecule has 0 atom stereocenters. The highest BCUT2D eigenvalue weighted by Gasteiger charge is 2.20. The van der Waals surface area contributed by atoms with Crippen molar-refractivity contribution in [2.45, 2.75) is 4.90 Å². The third-order valence-electron chi connectivity index (χ3n) is 3.45. The highest BCUT2D eigenvalue weighted by atomic mass is 32.2. The molecule has 0 unspecified atom stereocenters. The average molecular weight is 391 g/mol. The van der Waals surface area contributed by atoms with Crippen molar-refractivity contribution in [3.8, 4) is 0 Å². The van der Waals surface area contributed by atoms with E-state index in [0.29, 0.717) is 0 Å². The molecule has 2 rings (SSSR count). The predicted octanol–water partition coefficient (Wildman–Crippen LogP) is 1.67. The summed E-state index contributed by atoms with van der Waals surface area (Å²) in [5.41, 5.74) is 0.173. The van der Waals surface area contributed by atoms with E-state index in [9.17, 15) is 22.8 Å². The summed E-state index contributed by atoms with van der Waals surface area (Å²) in [6.45, 7) is -0.660. The molecule has 0 bridgehead atoms. The third kappa shape index (κ3) is 5.14. The summed E-state index contributed by atoms with van der Waals surface area (Å²) in [4.78, 5) is 35.7. The van der Waals surface area contributed by atoms with E-state index in [4.69, 9.17) is 4.74 Å². The van der Waals surface area contributed by atoms with Gasteiger partial charge in [-0.25, -0.2) is 18.0 Å². The van der Waals surface area contributed by atoms with Crippen molar-refractivity contribution in [3.63, 3.8) is 0 Å². The molecule has 1 N–H and O–H groups in total. The minimum absolute atomic E-state index is 0.141. The van der Waals surface area contributed by atoms with Gasteiger partial charge in [-0.3, -0.25) is 4.79 Å². The molecule has 0 spiro atoms. The van der Waals surface area contributed by atoms with Crippen molar-refractivity contribution >= 4 is 33.4 Å². The molecule has 0 aliphatic rings. The number of carbonyl (C=O) groups is 3. The maximum absolute atomic E-state index is 12.1. The van der Waals surface area contributed by atoms with Crippen LogP contribution in [0.2, 0.25) is 0 Å². The van der Waals surface area contributed by atoms with Gasteiger partial charge in [-0.05, 0) is 24.3 Å². The van der Waals surface area contributed by atoms with Crippen molar-refractivity contribution in [3.05, 3.63) is 59.7 Å². The monoisotopic (exact) mass is 391 g/mol. The Morgan fingerprint density at radius 1 is 0.926 bits per heavy atom. The van der Waals surface area contributed by atoms with Gasteiger partial charge in [0, 0.05) is 6.26 Å². The van der Waals surface area contributed by atoms with Gasteiger partial charge < -0.3 is 14.8 Å². The van der Waals surface area contributed by atoms with Crippen LogP contribution in [0.15, 0.2) is 53.4 Å². The molecule has 2 aromatic carbocycles. The molecule has 0 saturated heterocycles. The van der Waals surface area contributed by atoms with Crippen LogP contribution >= 0.6 is 0 Å². The molecule has 0 aliphatic heterocycles. The molecule has 0 heterocycles. The van der Waals surface area contributed by atoms with E-state index in [1.807, 2.05) is 0 Å². The third-order valence-corrected chi connectivity index (χ3v) is 4.60. The van der Waals surface area contributed by atoms with Gasteiger partial charge in [0.2, 0.25) is 0 Å². The topological polar surface area (TPSA) is 116 Å². The largest absolute Gasteiger partial charge is 0.465 e. The van der Waals surface area contributed by atoms with E-state index in [1.54, 1.807) is 12.1 Å². The van der Waals surface area contributed by atoms with Crippen LogP contribution in [0.4, 0.5) is 5.69 Å². The van der Waals surface area contributed by atoms with Crippen LogP contribution in [0, 0.1) is 0 Å². The molecule has 0 radical (unpaired) electrons. The smallest absolute Gasteiger partial charge is 0.339 e. The van der Waals surface area contributed by atoms with Crippen LogP contribution in [0.3, 0.4) is 0 Å². The maximum Gasteiger partial charge on any atom is 0.339 e. The second kappa shape index (κ2) is 8.45. The minimum Gasteiger partial charge on any atom is -0.465 e. The van der Waals surface area contributed by atoms with Crippen molar-refractivity contribution in [2.75, 3.05) is 25.3 Å². The number of amides is 1. The summed E-state index contributed by atoms with van der Waals surface area (Å²) >= 11 is 0. The van der Waals surface area contributed by atoms with Crippen molar-refractivity contribution in [1.29, 1.82) is 0 Å². The number of methoxy groups -OCH3 is 1. The molecule has 0 aromatic heterocycles. The quantitative estimate of drug-likeness (QED) is 0.745. The summed E-state index contributed by atoms with van der Waals surface area (Å²) in [6, 6.07) is 11.7. The van der Waals surface area contributed by atoms with Gasteiger partial charge in [0.15, 0.2) is 16.4 Å². The summed E-state index contributed by atoms with van der Waals surface area (Å²) < 4.78 is 33.0. The number of hydrogen-bond acceptors (Lipinski definition) is 7. The number of carbonyl (C=O) groups excluding carboxylic acids is 3. The fourth-order valence-corrected chi connectivity index (χ4v) is 3.11. The molecular formula is C18H17NO7S. The lowest BCUT2D eigenvalue weighted by atomic mass is 10.2. The number of hydrogen-bond donors (Lipinski definition) is 1. The summed E-state index contributed by atoms with van der Waals surface area (Å²) in [6.07, 6.45) is 0.968. The van der Waals surface area contributed by atoms with Crippen LogP contribution in [0.5, 0.6) is 0 Å². The lowest BCUT2D eigenvalue weighted by Crippen LogP contribution is -2.23. The zero-order chi connectivity index (χ0) is 20.0. The van der Waals surface area contributed by atoms with Gasteiger partial charge in [0.25, 0.3) is 5.91 Å². The number of sulfone groups is 1. The van der Waals surface area contributed by atoms with Crippen LogP contribution in [-0.2, 0) is 24.1 Å². The molecule has 0 fully saturated rings. The van der Waals surface area contributed by atoms with Crippen LogP contribution in [-0.4, -0.2) is 46.2 Å². The zero-order valence-corrected chi connectivity index (χ0v) is 15.4. The first-order chi connectivity index (χ1) is 12.7. The van der Waals surface area contributed by atoms with Crippen LogP contribution in [0.1, 0.15) is 20.7 Å². The Morgan fingerprint density at radius 3 is 2.15 bits per heavy atom. The molecule has 0 aliphatic carbocycles. The van der Waals surface area contributed by atoms with Gasteiger partial charge in [0.05, 0.1) is 28.8 Å². The van der Waals surface area contributed by atoms with Crippen molar-refractivity contribution in [2.24, 2.45) is 0 Å². The first kappa shape index (κ1) is 20.1. The SMILES string of the molecule is COC(=O)c1ccccc1NC(=O)COC(=O)c1ccccc1S(C)(=O)=O. The van der Waals surface area contributed by atoms with Gasteiger partial charge >= 0.3 is 11.9 Å². The van der Waals surface area contributed by atoms with E-state index in [-0.39, 0.29) is 21.7 Å². The first-order valence-corrected chi connectivity index (χ1v) is 9.56. The Hall–Kier alpha value is -3.20. The number of para-hydroxylation sites is 1. The Morgan fingerprint density at radius 2 is 1.52 bits per heavy atom. The lowest BCUT2D eigenvalue weighted by Gasteiger charge is -2.11. The standard InChI is InChI=1S/C18H17NO7S/c1-25-17(21)12-7-3-5-9-14(12)19-16(20)11-26-18(22)13-8-4-6-10-15(13)27(2,23)24/h3-10H,11H2,1-2H3,(H,19,20). The van der Waals surface area contributed by atoms with E-state index in [1.165, 1.54) is 43.5 Å². The van der Waals surface area contributed by atoms with Gasteiger partial charge in [-0.1, -0.05) is 24.3 Å². The predicted molar refractivity (Wildman–Crippen MR) is 96.2 cm³/mol. The molecule has 1 amide bonds. The Labute approximate surface area is 156 Å². The molecule has 142 valence electrons. The van der Waals surface area contributed by atoms with Crippen molar-refractivity contribution in [1.82, 2.24) is 0 Å². The molecule has 27 heavy (non-hydrogen) atoms. The van der Waals surface area contributed by atoms with E-state index < -0.39 is 34.3 Å². The van der Waals surface area contributed by atoms with E-state index in [2.05, 4.69) is 10.1 Å². The van der Waals surface area contributed by atoms with E-state index in [0.717, 1.165) is 6.26 Å². The summed E-state index contributed by atoms with van der Waals surface area (Å²) in [5, 5.41) is 2.44. The zero-order valence-electron chi connectivity index (χ0n) is 14.6. The number of rotatable bonds is 6. The summed E-state index contributed by atoms with van der Waals surface area (Å²) in [5.74, 6) is -2.28. The second-order valence-corrected chi connectivity index (χ2v) is 7.41. The molecule has 0 saturated carbocycles. The van der Waals surface area contributed by atoms with Crippen LogP contribution < -0.4 is 5.32 Å². The Kier molecular flexibility index (Phi) is 6.30. The fraction of sp³-hybridized carbons (Fsp3) is 0.167. The highest BCUT2D eigenvalue weighted by Crippen LogP contribution is 2.17. The maximum atomic E-state index is 12.1. The van der Waals surface area contributed by atoms with Gasteiger partial charge in [-0.15, -0.1) is 0 Å². The minimum atomic E-state index is -3.64. The fourth-order valence-electron chi connectivity index (χ4n) is 2.23. The lowest BCUT2D eigenvalue weighted by molar-refractivity contribution is -0.119. The number of esters is 2. The molecule has 9 heteroatoms. The Bertz CT molecular complexity index is 983. The Balaban J connectivity index is 2.08. The van der Waals surface area contributed by atoms with Gasteiger partial charge in [0.1, 0.15) is 0 Å². The van der Waals surface area contributed by atoms with Crippen LogP contribution in [0.25, 0.3) is 0 Å². The van der Waals surface area contributed by atoms with Crippen molar-refractivity contribution < 1.29 is 32.3 Å². The summed E-state index contributed by atoms with van der Waals surface area (Å²) in [7, 11) is -2.43. The first-order valence-electron chi connectivity index (χ1n) is 7.67. The number of benzene rings is 2. The van der Waals surface area contributed by atoms with Gasteiger partial charge in [-0.2, -0.15) is 0 Å². The number of anilines is 1. The number of nitrogens with one attached hydrogen (secondary N) is 1. The number of ether oxygens (including phenoxy) is 2. The second-order valence-electron chi connectivity index (χ2n) is 5.43. The molecule has 8 nitrogen and oxygen atoms in total. The normalized spacial score (nSPS) is 10.7. The molecule has 2 aromatic rings. The average Bonchev–Trinajstić information content (AvgIpc) is 2.65.